The lowest BCUT2D eigenvalue weighted by molar-refractivity contribution is -0.141. The molecular weight excluding hydrogens is 263 g/mol. The summed E-state index contributed by atoms with van der Waals surface area (Å²) < 4.78 is 39.0. The van der Waals surface area contributed by atoms with Gasteiger partial charge in [0.25, 0.3) is 5.91 Å². The zero-order valence-electron chi connectivity index (χ0n) is 10.8. The SMILES string of the molecule is CC(CO)C(C)NC(=O)c1cn(C)nc1C(F)(F)F. The summed E-state index contributed by atoms with van der Waals surface area (Å²) in [5, 5.41) is 14.6. The predicted molar refractivity (Wildman–Crippen MR) is 61.4 cm³/mol. The molecule has 1 heterocycles. The highest BCUT2D eigenvalue weighted by Gasteiger charge is 2.39. The first-order valence-electron chi connectivity index (χ1n) is 5.69. The van der Waals surface area contributed by atoms with E-state index in [-0.39, 0.29) is 12.5 Å². The van der Waals surface area contributed by atoms with Crippen LogP contribution in [0.15, 0.2) is 6.20 Å². The van der Waals surface area contributed by atoms with Crippen LogP contribution in [0.4, 0.5) is 13.2 Å². The molecule has 0 spiro atoms. The van der Waals surface area contributed by atoms with E-state index in [4.69, 9.17) is 5.11 Å². The predicted octanol–water partition coefficient (Wildman–Crippen LogP) is 1.19. The maximum atomic E-state index is 12.7. The average Bonchev–Trinajstić information content (AvgIpc) is 2.70. The molecule has 2 atom stereocenters. The highest BCUT2D eigenvalue weighted by molar-refractivity contribution is 5.95. The lowest BCUT2D eigenvalue weighted by atomic mass is 10.0. The number of carbonyl (C=O) groups excluding carboxylic acids is 1. The van der Waals surface area contributed by atoms with Gasteiger partial charge in [-0.3, -0.25) is 9.48 Å². The Morgan fingerprint density at radius 3 is 2.58 bits per heavy atom. The molecule has 0 radical (unpaired) electrons. The summed E-state index contributed by atoms with van der Waals surface area (Å²) in [6.45, 7) is 3.13. The van der Waals surface area contributed by atoms with Crippen molar-refractivity contribution >= 4 is 5.91 Å². The lowest BCUT2D eigenvalue weighted by Gasteiger charge is -2.19. The van der Waals surface area contributed by atoms with Crippen LogP contribution < -0.4 is 5.32 Å². The molecular formula is C11H16F3N3O2. The smallest absolute Gasteiger partial charge is 0.396 e. The number of nitrogens with zero attached hydrogens (tertiary/aromatic N) is 2. The number of aryl methyl sites for hydroxylation is 1. The summed E-state index contributed by atoms with van der Waals surface area (Å²) in [5.74, 6) is -1.11. The van der Waals surface area contributed by atoms with Crippen molar-refractivity contribution in [2.75, 3.05) is 6.61 Å². The number of aliphatic hydroxyl groups excluding tert-OH is 1. The topological polar surface area (TPSA) is 67.2 Å². The van der Waals surface area contributed by atoms with E-state index in [0.717, 1.165) is 10.9 Å². The molecule has 8 heteroatoms. The number of alkyl halides is 3. The zero-order chi connectivity index (χ0) is 14.8. The van der Waals surface area contributed by atoms with Crippen LogP contribution in [0.2, 0.25) is 0 Å². The van der Waals surface area contributed by atoms with Crippen molar-refractivity contribution in [1.82, 2.24) is 15.1 Å². The maximum Gasteiger partial charge on any atom is 0.435 e. The number of rotatable bonds is 4. The highest BCUT2D eigenvalue weighted by Crippen LogP contribution is 2.30. The van der Waals surface area contributed by atoms with Gasteiger partial charge in [-0.2, -0.15) is 18.3 Å². The number of hydrogen-bond donors (Lipinski definition) is 2. The Bertz CT molecular complexity index is 457. The number of amides is 1. The minimum absolute atomic E-state index is 0.166. The zero-order valence-corrected chi connectivity index (χ0v) is 10.8. The largest absolute Gasteiger partial charge is 0.435 e. The van der Waals surface area contributed by atoms with Gasteiger partial charge in [0.2, 0.25) is 0 Å². The molecule has 0 saturated carbocycles. The summed E-state index contributed by atoms with van der Waals surface area (Å²) >= 11 is 0. The summed E-state index contributed by atoms with van der Waals surface area (Å²) in [7, 11) is 1.31. The van der Waals surface area contributed by atoms with E-state index in [9.17, 15) is 18.0 Å². The fourth-order valence-corrected chi connectivity index (χ4v) is 1.45. The van der Waals surface area contributed by atoms with Gasteiger partial charge in [0.15, 0.2) is 5.69 Å². The summed E-state index contributed by atoms with van der Waals surface area (Å²) in [6.07, 6.45) is -3.66. The molecule has 2 N–H and O–H groups in total. The molecule has 1 aromatic rings. The number of nitrogens with one attached hydrogen (secondary N) is 1. The molecule has 108 valence electrons. The van der Waals surface area contributed by atoms with Crippen LogP contribution in [0.3, 0.4) is 0 Å². The number of hydrogen-bond acceptors (Lipinski definition) is 3. The van der Waals surface area contributed by atoms with Crippen LogP contribution >= 0.6 is 0 Å². The van der Waals surface area contributed by atoms with Crippen molar-refractivity contribution in [3.63, 3.8) is 0 Å². The van der Waals surface area contributed by atoms with E-state index in [1.54, 1.807) is 13.8 Å². The molecule has 19 heavy (non-hydrogen) atoms. The third kappa shape index (κ3) is 3.69. The van der Waals surface area contributed by atoms with Gasteiger partial charge in [-0.05, 0) is 12.8 Å². The third-order valence-electron chi connectivity index (χ3n) is 2.84. The molecule has 2 unspecified atom stereocenters. The Balaban J connectivity index is 2.95. The number of halogens is 3. The highest BCUT2D eigenvalue weighted by atomic mass is 19.4. The number of aromatic nitrogens is 2. The van der Waals surface area contributed by atoms with Crippen LogP contribution in [0.1, 0.15) is 29.9 Å². The molecule has 5 nitrogen and oxygen atoms in total. The first kappa shape index (κ1) is 15.5. The summed E-state index contributed by atoms with van der Waals surface area (Å²) in [4.78, 5) is 11.8. The monoisotopic (exact) mass is 279 g/mol. The lowest BCUT2D eigenvalue weighted by Crippen LogP contribution is -2.38. The van der Waals surface area contributed by atoms with Gasteiger partial charge in [0.05, 0.1) is 5.56 Å². The van der Waals surface area contributed by atoms with E-state index in [1.165, 1.54) is 7.05 Å². The molecule has 0 aromatic carbocycles. The second kappa shape index (κ2) is 5.60. The van der Waals surface area contributed by atoms with E-state index in [2.05, 4.69) is 10.4 Å². The normalized spacial score (nSPS) is 15.1. The van der Waals surface area contributed by atoms with Crippen molar-refractivity contribution < 1.29 is 23.1 Å². The van der Waals surface area contributed by atoms with Gasteiger partial charge >= 0.3 is 6.18 Å². The molecule has 1 aromatic heterocycles. The van der Waals surface area contributed by atoms with Gasteiger partial charge in [-0.1, -0.05) is 6.92 Å². The molecule has 1 amide bonds. The van der Waals surface area contributed by atoms with Crippen LogP contribution in [0.5, 0.6) is 0 Å². The van der Waals surface area contributed by atoms with Crippen LogP contribution in [0.25, 0.3) is 0 Å². The number of carbonyl (C=O) groups is 1. The Hall–Kier alpha value is -1.57. The molecule has 0 bridgehead atoms. The third-order valence-corrected chi connectivity index (χ3v) is 2.84. The van der Waals surface area contributed by atoms with Crippen molar-refractivity contribution in [3.8, 4) is 0 Å². The minimum Gasteiger partial charge on any atom is -0.396 e. The van der Waals surface area contributed by atoms with Gasteiger partial charge < -0.3 is 10.4 Å². The molecule has 0 fully saturated rings. The van der Waals surface area contributed by atoms with E-state index in [0.29, 0.717) is 0 Å². The summed E-state index contributed by atoms with van der Waals surface area (Å²) in [6, 6.07) is -0.446. The second-order valence-corrected chi connectivity index (χ2v) is 4.48. The maximum absolute atomic E-state index is 12.7. The van der Waals surface area contributed by atoms with Gasteiger partial charge in [0.1, 0.15) is 0 Å². The molecule has 0 aliphatic carbocycles. The van der Waals surface area contributed by atoms with E-state index >= 15 is 0 Å². The van der Waals surface area contributed by atoms with Gasteiger partial charge in [-0.25, -0.2) is 0 Å². The summed E-state index contributed by atoms with van der Waals surface area (Å²) in [5.41, 5.74) is -1.73. The van der Waals surface area contributed by atoms with Crippen molar-refractivity contribution in [1.29, 1.82) is 0 Å². The molecule has 0 aliphatic heterocycles. The second-order valence-electron chi connectivity index (χ2n) is 4.48. The Morgan fingerprint density at radius 1 is 1.53 bits per heavy atom. The Kier molecular flexibility index (Phi) is 4.56. The van der Waals surface area contributed by atoms with Gasteiger partial charge in [-0.15, -0.1) is 0 Å². The number of aliphatic hydroxyl groups is 1. The van der Waals surface area contributed by atoms with Gasteiger partial charge in [0, 0.05) is 25.9 Å². The molecule has 0 aliphatic rings. The Labute approximate surface area is 108 Å². The average molecular weight is 279 g/mol. The standard InChI is InChI=1S/C11H16F3N3O2/c1-6(5-18)7(2)15-10(19)8-4-17(3)16-9(8)11(12,13)14/h4,6-7,18H,5H2,1-3H3,(H,15,19). The fraction of sp³-hybridized carbons (Fsp3) is 0.636. The Morgan fingerprint density at radius 2 is 2.11 bits per heavy atom. The van der Waals surface area contributed by atoms with Crippen molar-refractivity contribution in [2.45, 2.75) is 26.1 Å². The van der Waals surface area contributed by atoms with Crippen LogP contribution in [-0.2, 0) is 13.2 Å². The van der Waals surface area contributed by atoms with Crippen molar-refractivity contribution in [3.05, 3.63) is 17.5 Å². The molecule has 1 rings (SSSR count). The minimum atomic E-state index is -4.68. The fourth-order valence-electron chi connectivity index (χ4n) is 1.45. The van der Waals surface area contributed by atoms with E-state index < -0.39 is 29.4 Å². The van der Waals surface area contributed by atoms with E-state index in [1.807, 2.05) is 0 Å². The van der Waals surface area contributed by atoms with Crippen LogP contribution in [-0.4, -0.2) is 33.4 Å². The quantitative estimate of drug-likeness (QED) is 0.870. The van der Waals surface area contributed by atoms with Crippen LogP contribution in [0, 0.1) is 5.92 Å². The molecule has 0 saturated heterocycles. The first-order chi connectivity index (χ1) is 8.66. The first-order valence-corrected chi connectivity index (χ1v) is 5.69. The van der Waals surface area contributed by atoms with Crippen molar-refractivity contribution in [2.24, 2.45) is 13.0 Å².